The summed E-state index contributed by atoms with van der Waals surface area (Å²) in [5.74, 6) is -0.796. The Labute approximate surface area is 167 Å². The molecule has 0 radical (unpaired) electrons. The largest absolute Gasteiger partial charge is 0.382 e. The van der Waals surface area contributed by atoms with Gasteiger partial charge in [0.2, 0.25) is 5.82 Å². The van der Waals surface area contributed by atoms with Crippen molar-refractivity contribution in [3.05, 3.63) is 70.1 Å². The lowest BCUT2D eigenvalue weighted by Crippen LogP contribution is -2.03. The number of thiazole rings is 1. The summed E-state index contributed by atoms with van der Waals surface area (Å²) < 4.78 is 18.1. The van der Waals surface area contributed by atoms with Crippen molar-refractivity contribution in [3.8, 4) is 11.4 Å². The lowest BCUT2D eigenvalue weighted by molar-refractivity contribution is 0.0998. The minimum atomic E-state index is -0.533. The van der Waals surface area contributed by atoms with Crippen LogP contribution in [-0.4, -0.2) is 20.9 Å². The number of carbonyl (C=O) groups excluding carboxylic acids is 1. The molecule has 0 spiro atoms. The Morgan fingerprint density at radius 1 is 1.11 bits per heavy atom. The molecule has 0 amide bonds. The van der Waals surface area contributed by atoms with Crippen molar-refractivity contribution in [2.24, 2.45) is 0 Å². The molecule has 2 heterocycles. The quantitative estimate of drug-likeness (QED) is 0.460. The molecule has 0 aliphatic heterocycles. The van der Waals surface area contributed by atoms with Gasteiger partial charge in [0.25, 0.3) is 11.7 Å². The first-order valence-electron chi connectivity index (χ1n) is 7.93. The number of anilines is 3. The van der Waals surface area contributed by atoms with Gasteiger partial charge < -0.3 is 15.6 Å². The van der Waals surface area contributed by atoms with E-state index < -0.39 is 5.78 Å². The van der Waals surface area contributed by atoms with E-state index in [1.54, 1.807) is 36.4 Å². The number of nitrogen functional groups attached to an aromatic ring is 1. The molecule has 0 unspecified atom stereocenters. The highest BCUT2D eigenvalue weighted by Crippen LogP contribution is 2.30. The SMILES string of the molecule is Nc1nc(Nc2ccc(F)cc2)sc1C(=O)c1nc(-c2ccc(Cl)cc2)no1. The lowest BCUT2D eigenvalue weighted by Gasteiger charge is -2.00. The third-order valence-electron chi connectivity index (χ3n) is 3.68. The number of hydrogen-bond acceptors (Lipinski definition) is 8. The minimum Gasteiger partial charge on any atom is -0.382 e. The number of nitrogens with zero attached hydrogens (tertiary/aromatic N) is 3. The Bertz CT molecular complexity index is 1140. The first-order chi connectivity index (χ1) is 13.5. The maximum absolute atomic E-state index is 13.0. The molecule has 28 heavy (non-hydrogen) atoms. The zero-order valence-corrected chi connectivity index (χ0v) is 15.6. The topological polar surface area (TPSA) is 107 Å². The molecule has 0 aliphatic carbocycles. The maximum Gasteiger partial charge on any atom is 0.300 e. The van der Waals surface area contributed by atoms with E-state index >= 15 is 0 Å². The van der Waals surface area contributed by atoms with Crippen LogP contribution < -0.4 is 11.1 Å². The number of nitrogens with one attached hydrogen (secondary N) is 1. The monoisotopic (exact) mass is 415 g/mol. The molecule has 0 bridgehead atoms. The molecular formula is C18H11ClFN5O2S. The van der Waals surface area contributed by atoms with Crippen molar-refractivity contribution < 1.29 is 13.7 Å². The minimum absolute atomic E-state index is 0.0332. The Hall–Kier alpha value is -3.30. The molecule has 4 aromatic rings. The van der Waals surface area contributed by atoms with E-state index in [0.29, 0.717) is 21.4 Å². The van der Waals surface area contributed by atoms with Crippen LogP contribution in [0.3, 0.4) is 0 Å². The van der Waals surface area contributed by atoms with Crippen LogP contribution >= 0.6 is 22.9 Å². The highest BCUT2D eigenvalue weighted by atomic mass is 35.5. The molecule has 3 N–H and O–H groups in total. The second-order valence-electron chi connectivity index (χ2n) is 5.62. The van der Waals surface area contributed by atoms with Crippen molar-refractivity contribution in [1.29, 1.82) is 0 Å². The average Bonchev–Trinajstić information content (AvgIpc) is 3.31. The Kier molecular flexibility index (Phi) is 4.76. The fourth-order valence-electron chi connectivity index (χ4n) is 2.33. The van der Waals surface area contributed by atoms with Crippen LogP contribution in [0.5, 0.6) is 0 Å². The van der Waals surface area contributed by atoms with Crippen LogP contribution in [0.1, 0.15) is 15.6 Å². The Balaban J connectivity index is 1.56. The summed E-state index contributed by atoms with van der Waals surface area (Å²) in [4.78, 5) is 21.1. The molecule has 0 atom stereocenters. The number of benzene rings is 2. The number of carbonyl (C=O) groups is 1. The molecule has 2 aromatic carbocycles. The van der Waals surface area contributed by atoms with Gasteiger partial charge in [0.1, 0.15) is 16.5 Å². The van der Waals surface area contributed by atoms with E-state index in [2.05, 4.69) is 20.4 Å². The molecule has 2 aromatic heterocycles. The van der Waals surface area contributed by atoms with Gasteiger partial charge in [-0.05, 0) is 48.5 Å². The number of rotatable bonds is 5. The summed E-state index contributed by atoms with van der Waals surface area (Å²) in [6.45, 7) is 0. The number of hydrogen-bond donors (Lipinski definition) is 2. The van der Waals surface area contributed by atoms with E-state index in [9.17, 15) is 9.18 Å². The van der Waals surface area contributed by atoms with Gasteiger partial charge in [0, 0.05) is 16.3 Å². The van der Waals surface area contributed by atoms with Gasteiger partial charge in [0.05, 0.1) is 0 Å². The first kappa shape index (κ1) is 18.1. The van der Waals surface area contributed by atoms with E-state index in [1.807, 2.05) is 0 Å². The molecule has 10 heteroatoms. The highest BCUT2D eigenvalue weighted by molar-refractivity contribution is 7.18. The van der Waals surface area contributed by atoms with Crippen LogP contribution in [0, 0.1) is 5.82 Å². The van der Waals surface area contributed by atoms with Gasteiger partial charge in [0.15, 0.2) is 5.13 Å². The molecule has 0 saturated carbocycles. The summed E-state index contributed by atoms with van der Waals surface area (Å²) >= 11 is 6.89. The summed E-state index contributed by atoms with van der Waals surface area (Å²) in [7, 11) is 0. The van der Waals surface area contributed by atoms with Crippen molar-refractivity contribution in [3.63, 3.8) is 0 Å². The van der Waals surface area contributed by atoms with E-state index in [0.717, 1.165) is 11.3 Å². The van der Waals surface area contributed by atoms with Gasteiger partial charge in [-0.15, -0.1) is 0 Å². The van der Waals surface area contributed by atoms with Gasteiger partial charge in [-0.1, -0.05) is 28.1 Å². The summed E-state index contributed by atoms with van der Waals surface area (Å²) in [5, 5.41) is 7.73. The van der Waals surface area contributed by atoms with E-state index in [4.69, 9.17) is 21.9 Å². The molecule has 4 rings (SSSR count). The predicted molar refractivity (Wildman–Crippen MR) is 104 cm³/mol. The van der Waals surface area contributed by atoms with Crippen LogP contribution in [-0.2, 0) is 0 Å². The zero-order chi connectivity index (χ0) is 19.7. The average molecular weight is 416 g/mol. The highest BCUT2D eigenvalue weighted by Gasteiger charge is 2.24. The predicted octanol–water partition coefficient (Wildman–Crippen LogP) is 4.54. The molecule has 0 saturated heterocycles. The zero-order valence-electron chi connectivity index (χ0n) is 14.0. The Morgan fingerprint density at radius 2 is 1.82 bits per heavy atom. The summed E-state index contributed by atoms with van der Waals surface area (Å²) in [5.41, 5.74) is 7.13. The maximum atomic E-state index is 13.0. The van der Waals surface area contributed by atoms with Crippen molar-refractivity contribution in [2.45, 2.75) is 0 Å². The van der Waals surface area contributed by atoms with Gasteiger partial charge in [-0.3, -0.25) is 4.79 Å². The molecule has 140 valence electrons. The van der Waals surface area contributed by atoms with Crippen LogP contribution in [0.15, 0.2) is 53.1 Å². The fraction of sp³-hybridized carbons (Fsp3) is 0. The standard InChI is InChI=1S/C18H11ClFN5O2S/c19-10-3-1-9(2-4-10)16-24-17(27-25-16)13(26)14-15(21)23-18(28-14)22-12-7-5-11(20)6-8-12/h1-8H,21H2,(H,22,23). The van der Waals surface area contributed by atoms with Crippen molar-refractivity contribution in [2.75, 3.05) is 11.1 Å². The second-order valence-corrected chi connectivity index (χ2v) is 7.06. The fourth-order valence-corrected chi connectivity index (χ4v) is 3.30. The van der Waals surface area contributed by atoms with Gasteiger partial charge in [-0.2, -0.15) is 4.98 Å². The van der Waals surface area contributed by atoms with Crippen LogP contribution in [0.25, 0.3) is 11.4 Å². The van der Waals surface area contributed by atoms with E-state index in [-0.39, 0.29) is 28.2 Å². The smallest absolute Gasteiger partial charge is 0.300 e. The number of nitrogens with two attached hydrogens (primary N) is 1. The number of halogens is 2. The lowest BCUT2D eigenvalue weighted by atomic mass is 10.2. The van der Waals surface area contributed by atoms with Gasteiger partial charge in [-0.25, -0.2) is 9.37 Å². The third kappa shape index (κ3) is 3.71. The third-order valence-corrected chi connectivity index (χ3v) is 4.92. The Morgan fingerprint density at radius 3 is 2.54 bits per heavy atom. The van der Waals surface area contributed by atoms with Crippen molar-refractivity contribution >= 4 is 45.4 Å². The molecule has 7 nitrogen and oxygen atoms in total. The van der Waals surface area contributed by atoms with Gasteiger partial charge >= 0.3 is 0 Å². The number of aromatic nitrogens is 3. The van der Waals surface area contributed by atoms with Crippen LogP contribution in [0.4, 0.5) is 21.0 Å². The van der Waals surface area contributed by atoms with E-state index in [1.165, 1.54) is 12.1 Å². The number of ketones is 1. The first-order valence-corrected chi connectivity index (χ1v) is 9.12. The molecular weight excluding hydrogens is 405 g/mol. The van der Waals surface area contributed by atoms with Crippen LogP contribution in [0.2, 0.25) is 5.02 Å². The molecule has 0 fully saturated rings. The summed E-state index contributed by atoms with van der Waals surface area (Å²) in [6.07, 6.45) is 0. The van der Waals surface area contributed by atoms with Crippen molar-refractivity contribution in [1.82, 2.24) is 15.1 Å². The normalized spacial score (nSPS) is 10.8. The summed E-state index contributed by atoms with van der Waals surface area (Å²) in [6, 6.07) is 12.5. The second kappa shape index (κ2) is 7.37. The molecule has 0 aliphatic rings.